The molecule has 1 aliphatic heterocycles. The van der Waals surface area contributed by atoms with E-state index in [0.717, 1.165) is 0 Å². The third-order valence-electron chi connectivity index (χ3n) is 2.46. The van der Waals surface area contributed by atoms with Gasteiger partial charge in [-0.05, 0) is 12.1 Å². The fourth-order valence-electron chi connectivity index (χ4n) is 1.64. The molecule has 2 rings (SSSR count). The van der Waals surface area contributed by atoms with Gasteiger partial charge in [-0.15, -0.1) is 0 Å². The van der Waals surface area contributed by atoms with Crippen molar-refractivity contribution in [2.24, 2.45) is 0 Å². The summed E-state index contributed by atoms with van der Waals surface area (Å²) in [5.74, 6) is -3.14. The molecule has 0 atom stereocenters. The van der Waals surface area contributed by atoms with E-state index < -0.39 is 22.2 Å². The molecule has 0 unspecified atom stereocenters. The maximum atomic E-state index is 12.1. The molecule has 19 heavy (non-hydrogen) atoms. The largest absolute Gasteiger partial charge is 0.382 e. The summed E-state index contributed by atoms with van der Waals surface area (Å²) in [5, 5.41) is 0.0433. The Kier molecular flexibility index (Phi) is 3.66. The van der Waals surface area contributed by atoms with Gasteiger partial charge in [-0.2, -0.15) is 0 Å². The highest BCUT2D eigenvalue weighted by Crippen LogP contribution is 2.38. The minimum absolute atomic E-state index is 0.00875. The van der Waals surface area contributed by atoms with Crippen molar-refractivity contribution in [1.82, 2.24) is 4.90 Å². The molecule has 0 bridgehead atoms. The van der Waals surface area contributed by atoms with Crippen LogP contribution in [0.2, 0.25) is 5.02 Å². The van der Waals surface area contributed by atoms with E-state index in [9.17, 15) is 14.4 Å². The number of carbonyl (C=O) groups excluding carboxylic acids is 3. The molecule has 1 aliphatic rings. The van der Waals surface area contributed by atoms with Crippen LogP contribution in [0.15, 0.2) is 18.2 Å². The molecular weight excluding hydrogens is 340 g/mol. The van der Waals surface area contributed by atoms with Gasteiger partial charge in [0.25, 0.3) is 16.3 Å². The number of rotatable bonds is 2. The van der Waals surface area contributed by atoms with Crippen molar-refractivity contribution >= 4 is 64.5 Å². The monoisotopic (exact) mass is 341 g/mol. The lowest BCUT2D eigenvalue weighted by Crippen LogP contribution is -2.49. The summed E-state index contributed by atoms with van der Waals surface area (Å²) in [4.78, 5) is 35.8. The van der Waals surface area contributed by atoms with E-state index in [-0.39, 0.29) is 16.1 Å². The number of halogens is 4. The number of nitrogens with zero attached hydrogens (tertiary/aromatic N) is 1. The average Bonchev–Trinajstić information content (AvgIpc) is 2.62. The van der Waals surface area contributed by atoms with Crippen LogP contribution in [0.1, 0.15) is 20.7 Å². The minimum atomic E-state index is -2.57. The fraction of sp³-hybridized carbons (Fsp3) is 0.100. The molecule has 1 heterocycles. The Labute approximate surface area is 127 Å². The van der Waals surface area contributed by atoms with E-state index in [1.807, 2.05) is 0 Å². The van der Waals surface area contributed by atoms with Gasteiger partial charge in [0, 0.05) is 0 Å². The van der Waals surface area contributed by atoms with Crippen molar-refractivity contribution in [1.29, 1.82) is 0 Å². The number of imide groups is 1. The van der Waals surface area contributed by atoms with E-state index in [2.05, 4.69) is 4.29 Å². The summed E-state index contributed by atoms with van der Waals surface area (Å²) < 4.78 is 1.27. The quantitative estimate of drug-likeness (QED) is 0.471. The summed E-state index contributed by atoms with van der Waals surface area (Å²) in [6, 6.07) is 4.25. The van der Waals surface area contributed by atoms with Gasteiger partial charge >= 0.3 is 5.97 Å². The van der Waals surface area contributed by atoms with E-state index in [0.29, 0.717) is 4.90 Å². The molecule has 0 N–H and O–H groups in total. The van der Waals surface area contributed by atoms with Crippen LogP contribution in [0, 0.1) is 0 Å². The first-order valence-corrected chi connectivity index (χ1v) is 6.15. The maximum absolute atomic E-state index is 12.1. The van der Waals surface area contributed by atoms with Crippen LogP contribution in [0.4, 0.5) is 0 Å². The maximum Gasteiger partial charge on any atom is 0.382 e. The van der Waals surface area contributed by atoms with Crippen molar-refractivity contribution in [3.05, 3.63) is 34.3 Å². The summed E-state index contributed by atoms with van der Waals surface area (Å²) >= 11 is 22.0. The molecule has 0 radical (unpaired) electrons. The highest BCUT2D eigenvalue weighted by atomic mass is 35.5. The zero-order valence-electron chi connectivity index (χ0n) is 8.82. The number of carbonyl (C=O) groups is 3. The van der Waals surface area contributed by atoms with Gasteiger partial charge in [0.05, 0.1) is 16.1 Å². The van der Waals surface area contributed by atoms with Crippen molar-refractivity contribution in [2.45, 2.75) is 4.46 Å². The highest BCUT2D eigenvalue weighted by Gasteiger charge is 2.54. The summed E-state index contributed by atoms with van der Waals surface area (Å²) in [5.41, 5.74) is -0.0900. The first-order chi connectivity index (χ1) is 8.82. The summed E-state index contributed by atoms with van der Waals surface area (Å²) in [7, 11) is 0. The number of amides is 2. The normalized spacial score (nSPS) is 14.6. The predicted octanol–water partition coefficient (Wildman–Crippen LogP) is 2.76. The second-order valence-corrected chi connectivity index (χ2v) is 5.36. The van der Waals surface area contributed by atoms with Crippen molar-refractivity contribution in [3.63, 3.8) is 0 Å². The van der Waals surface area contributed by atoms with Crippen molar-refractivity contribution < 1.29 is 18.7 Å². The van der Waals surface area contributed by atoms with Crippen LogP contribution in [-0.2, 0) is 9.08 Å². The predicted molar refractivity (Wildman–Crippen MR) is 68.3 cm³/mol. The number of fused-ring (bicyclic) bond motifs is 1. The molecule has 0 saturated heterocycles. The van der Waals surface area contributed by atoms with Gasteiger partial charge in [-0.25, -0.2) is 9.69 Å². The average molecular weight is 343 g/mol. The molecule has 0 aromatic heterocycles. The zero-order valence-corrected chi connectivity index (χ0v) is 11.8. The smallest absolute Gasteiger partial charge is 0.343 e. The third kappa shape index (κ3) is 2.07. The van der Waals surface area contributed by atoms with Gasteiger partial charge < -0.3 is 4.29 Å². The van der Waals surface area contributed by atoms with E-state index in [4.69, 9.17) is 46.7 Å². The van der Waals surface area contributed by atoms with Crippen molar-refractivity contribution in [2.75, 3.05) is 0 Å². The van der Waals surface area contributed by atoms with Gasteiger partial charge in [0.15, 0.2) is 0 Å². The second-order valence-electron chi connectivity index (χ2n) is 3.51. The Balaban J connectivity index is 2.55. The minimum Gasteiger partial charge on any atom is -0.343 e. The van der Waals surface area contributed by atoms with Crippen LogP contribution in [0.3, 0.4) is 0 Å². The van der Waals surface area contributed by atoms with Crippen LogP contribution in [0.25, 0.3) is 0 Å². The molecular formula is C10H3Cl4NO4. The summed E-state index contributed by atoms with van der Waals surface area (Å²) in [6.45, 7) is 0. The topological polar surface area (TPSA) is 63.7 Å². The number of hydrogen-bond donors (Lipinski definition) is 0. The Bertz CT molecular complexity index is 601. The van der Waals surface area contributed by atoms with E-state index in [1.54, 1.807) is 0 Å². The third-order valence-corrected chi connectivity index (χ3v) is 3.56. The molecule has 1 aromatic carbocycles. The van der Waals surface area contributed by atoms with Gasteiger partial charge in [-0.3, -0.25) is 9.59 Å². The molecule has 0 fully saturated rings. The molecule has 0 spiro atoms. The van der Waals surface area contributed by atoms with Gasteiger partial charge in [0.2, 0.25) is 0 Å². The lowest BCUT2D eigenvalue weighted by molar-refractivity contribution is -0.137. The molecule has 0 aliphatic carbocycles. The fourth-order valence-corrected chi connectivity index (χ4v) is 2.47. The molecule has 2 amide bonds. The van der Waals surface area contributed by atoms with Crippen molar-refractivity contribution in [3.8, 4) is 0 Å². The Morgan fingerprint density at radius 1 is 1.21 bits per heavy atom. The van der Waals surface area contributed by atoms with Gasteiger partial charge in [-0.1, -0.05) is 40.9 Å². The first kappa shape index (κ1) is 14.4. The lowest BCUT2D eigenvalue weighted by atomic mass is 10.1. The number of benzene rings is 1. The molecule has 5 nitrogen and oxygen atoms in total. The summed E-state index contributed by atoms with van der Waals surface area (Å²) in [6.07, 6.45) is 0. The Hall–Kier alpha value is -1.01. The number of hydrogen-bond acceptors (Lipinski definition) is 4. The molecule has 1 aromatic rings. The zero-order chi connectivity index (χ0) is 14.4. The standard InChI is InChI=1S/C10H3Cl4NO4/c11-5-3-1-2-4-6(5)8(17)15(7(4)16)10(12,13)9(18)19-14/h1-3H. The van der Waals surface area contributed by atoms with Crippen LogP contribution in [-0.4, -0.2) is 27.1 Å². The first-order valence-electron chi connectivity index (χ1n) is 4.70. The molecule has 100 valence electrons. The van der Waals surface area contributed by atoms with Crippen LogP contribution >= 0.6 is 46.7 Å². The second kappa shape index (κ2) is 4.83. The molecule has 9 heteroatoms. The lowest BCUT2D eigenvalue weighted by Gasteiger charge is -2.24. The van der Waals surface area contributed by atoms with Crippen LogP contribution in [0.5, 0.6) is 0 Å². The highest BCUT2D eigenvalue weighted by molar-refractivity contribution is 6.60. The Morgan fingerprint density at radius 2 is 1.84 bits per heavy atom. The Morgan fingerprint density at radius 3 is 2.37 bits per heavy atom. The van der Waals surface area contributed by atoms with Gasteiger partial charge in [0.1, 0.15) is 11.9 Å². The van der Waals surface area contributed by atoms with E-state index >= 15 is 0 Å². The number of alkyl halides is 2. The van der Waals surface area contributed by atoms with Crippen LogP contribution < -0.4 is 0 Å². The molecule has 0 saturated carbocycles. The SMILES string of the molecule is O=C1c2cccc(Cl)c2C(=O)N1C(Cl)(Cl)C(=O)OCl. The van der Waals surface area contributed by atoms with E-state index in [1.165, 1.54) is 18.2 Å².